The third-order valence-corrected chi connectivity index (χ3v) is 3.52. The first-order valence-corrected chi connectivity index (χ1v) is 7.23. The van der Waals surface area contributed by atoms with Crippen LogP contribution in [-0.4, -0.2) is 12.5 Å². The molecule has 6 heteroatoms. The molecule has 0 saturated heterocycles. The molecule has 0 aromatic heterocycles. The van der Waals surface area contributed by atoms with Gasteiger partial charge in [0.15, 0.2) is 6.61 Å². The van der Waals surface area contributed by atoms with Gasteiger partial charge in [-0.05, 0) is 30.3 Å². The van der Waals surface area contributed by atoms with Gasteiger partial charge < -0.3 is 10.1 Å². The Balaban J connectivity index is 1.96. The summed E-state index contributed by atoms with van der Waals surface area (Å²) < 4.78 is 6.25. The van der Waals surface area contributed by atoms with Crippen molar-refractivity contribution in [2.24, 2.45) is 0 Å². The highest BCUT2D eigenvalue weighted by Crippen LogP contribution is 2.29. The Kier molecular flexibility index (Phi) is 5.29. The first-order valence-electron chi connectivity index (χ1n) is 5.68. The number of hydrogen-bond donors (Lipinski definition) is 1. The van der Waals surface area contributed by atoms with E-state index in [9.17, 15) is 4.79 Å². The molecule has 3 nitrogen and oxygen atoms in total. The molecule has 104 valence electrons. The largest absolute Gasteiger partial charge is 0.484 e. The van der Waals surface area contributed by atoms with Gasteiger partial charge in [0.05, 0.1) is 15.7 Å². The molecule has 2 aromatic carbocycles. The topological polar surface area (TPSA) is 38.3 Å². The van der Waals surface area contributed by atoms with Gasteiger partial charge in [-0.1, -0.05) is 51.3 Å². The van der Waals surface area contributed by atoms with Gasteiger partial charge in [0.1, 0.15) is 5.75 Å². The Hall–Kier alpha value is -1.23. The van der Waals surface area contributed by atoms with E-state index in [1.54, 1.807) is 30.3 Å². The van der Waals surface area contributed by atoms with Crippen molar-refractivity contribution in [2.75, 3.05) is 11.9 Å². The highest BCUT2D eigenvalue weighted by Gasteiger charge is 2.10. The van der Waals surface area contributed by atoms with E-state index in [4.69, 9.17) is 27.9 Å². The van der Waals surface area contributed by atoms with Crippen molar-refractivity contribution in [3.05, 3.63) is 57.0 Å². The molecule has 0 saturated carbocycles. The van der Waals surface area contributed by atoms with Crippen LogP contribution < -0.4 is 10.1 Å². The van der Waals surface area contributed by atoms with Crippen molar-refractivity contribution in [3.63, 3.8) is 0 Å². The Morgan fingerprint density at radius 1 is 1.15 bits per heavy atom. The molecule has 2 aromatic rings. The molecule has 0 unspecified atom stereocenters. The lowest BCUT2D eigenvalue weighted by Gasteiger charge is -2.10. The number of benzene rings is 2. The fraction of sp³-hybridized carbons (Fsp3) is 0.0714. The molecule has 0 aliphatic carbocycles. The predicted molar refractivity (Wildman–Crippen MR) is 84.7 cm³/mol. The Bertz CT molecular complexity index is 614. The van der Waals surface area contributed by atoms with Gasteiger partial charge in [0.2, 0.25) is 0 Å². The number of carbonyl (C=O) groups excluding carboxylic acids is 1. The average Bonchev–Trinajstić information content (AvgIpc) is 2.41. The van der Waals surface area contributed by atoms with Crippen LogP contribution in [0.4, 0.5) is 5.69 Å². The van der Waals surface area contributed by atoms with Crippen molar-refractivity contribution < 1.29 is 9.53 Å². The van der Waals surface area contributed by atoms with Crippen LogP contribution in [0.1, 0.15) is 0 Å². The number of anilines is 1. The van der Waals surface area contributed by atoms with Crippen LogP contribution in [0.5, 0.6) is 5.75 Å². The molecule has 0 spiro atoms. The highest BCUT2D eigenvalue weighted by atomic mass is 79.9. The van der Waals surface area contributed by atoms with Crippen molar-refractivity contribution in [3.8, 4) is 5.75 Å². The summed E-state index contributed by atoms with van der Waals surface area (Å²) in [5, 5.41) is 3.39. The first kappa shape index (κ1) is 15.2. The van der Waals surface area contributed by atoms with E-state index in [0.717, 1.165) is 4.47 Å². The molecular weight excluding hydrogens is 365 g/mol. The van der Waals surface area contributed by atoms with E-state index < -0.39 is 0 Å². The lowest BCUT2D eigenvalue weighted by atomic mass is 10.3. The molecule has 0 fully saturated rings. The number of hydrogen-bond acceptors (Lipinski definition) is 2. The van der Waals surface area contributed by atoms with Gasteiger partial charge >= 0.3 is 0 Å². The molecule has 0 bridgehead atoms. The number of amides is 1. The summed E-state index contributed by atoms with van der Waals surface area (Å²) in [6.07, 6.45) is 0. The molecule has 1 amide bonds. The van der Waals surface area contributed by atoms with E-state index in [2.05, 4.69) is 21.2 Å². The smallest absolute Gasteiger partial charge is 0.262 e. The number of halogens is 3. The standard InChI is InChI=1S/C14H10BrCl2NO2/c15-9-3-1-4-10(7-9)20-8-13(19)18-14-11(16)5-2-6-12(14)17/h1-7H,8H2,(H,18,19). The number of carbonyl (C=O) groups is 1. The van der Waals surface area contributed by atoms with E-state index in [1.807, 2.05) is 12.1 Å². The van der Waals surface area contributed by atoms with E-state index in [1.165, 1.54) is 0 Å². The molecule has 0 heterocycles. The Morgan fingerprint density at radius 3 is 2.45 bits per heavy atom. The van der Waals surface area contributed by atoms with Gasteiger partial charge in [-0.2, -0.15) is 0 Å². The number of nitrogens with one attached hydrogen (secondary N) is 1. The zero-order valence-electron chi connectivity index (χ0n) is 10.2. The van der Waals surface area contributed by atoms with E-state index in [0.29, 0.717) is 21.5 Å². The van der Waals surface area contributed by atoms with Crippen LogP contribution >= 0.6 is 39.1 Å². The second-order valence-electron chi connectivity index (χ2n) is 3.89. The van der Waals surface area contributed by atoms with Gasteiger partial charge in [0.25, 0.3) is 5.91 Å². The minimum Gasteiger partial charge on any atom is -0.484 e. The average molecular weight is 375 g/mol. The fourth-order valence-corrected chi connectivity index (χ4v) is 2.37. The Labute approximate surface area is 135 Å². The van der Waals surface area contributed by atoms with Crippen LogP contribution in [0.3, 0.4) is 0 Å². The van der Waals surface area contributed by atoms with Crippen LogP contribution in [0.2, 0.25) is 10.0 Å². The van der Waals surface area contributed by atoms with E-state index >= 15 is 0 Å². The van der Waals surface area contributed by atoms with Crippen molar-refractivity contribution in [2.45, 2.75) is 0 Å². The van der Waals surface area contributed by atoms with Crippen LogP contribution in [0, 0.1) is 0 Å². The highest BCUT2D eigenvalue weighted by molar-refractivity contribution is 9.10. The quantitative estimate of drug-likeness (QED) is 0.836. The normalized spacial score (nSPS) is 10.2. The molecule has 2 rings (SSSR count). The maximum Gasteiger partial charge on any atom is 0.262 e. The zero-order chi connectivity index (χ0) is 14.5. The van der Waals surface area contributed by atoms with E-state index in [-0.39, 0.29) is 12.5 Å². The minimum absolute atomic E-state index is 0.127. The van der Waals surface area contributed by atoms with Gasteiger partial charge in [-0.25, -0.2) is 0 Å². The third-order valence-electron chi connectivity index (χ3n) is 2.39. The van der Waals surface area contributed by atoms with Crippen molar-refractivity contribution in [1.29, 1.82) is 0 Å². The van der Waals surface area contributed by atoms with Gasteiger partial charge in [-0.15, -0.1) is 0 Å². The summed E-state index contributed by atoms with van der Waals surface area (Å²) in [5.41, 5.74) is 0.388. The van der Waals surface area contributed by atoms with Crippen molar-refractivity contribution in [1.82, 2.24) is 0 Å². The summed E-state index contributed by atoms with van der Waals surface area (Å²) >= 11 is 15.3. The summed E-state index contributed by atoms with van der Waals surface area (Å²) in [6, 6.07) is 12.2. The summed E-state index contributed by atoms with van der Waals surface area (Å²) in [7, 11) is 0. The Morgan fingerprint density at radius 2 is 1.80 bits per heavy atom. The molecule has 0 aliphatic rings. The second-order valence-corrected chi connectivity index (χ2v) is 5.62. The molecule has 1 N–H and O–H groups in total. The number of para-hydroxylation sites is 1. The first-order chi connectivity index (χ1) is 9.56. The van der Waals surface area contributed by atoms with Crippen LogP contribution in [0.15, 0.2) is 46.9 Å². The lowest BCUT2D eigenvalue weighted by Crippen LogP contribution is -2.20. The molecule has 0 radical (unpaired) electrons. The van der Waals surface area contributed by atoms with Crippen LogP contribution in [0.25, 0.3) is 0 Å². The van der Waals surface area contributed by atoms with Crippen molar-refractivity contribution >= 4 is 50.7 Å². The third kappa shape index (κ3) is 4.13. The number of ether oxygens (including phenoxy) is 1. The molecule has 0 atom stereocenters. The van der Waals surface area contributed by atoms with Gasteiger partial charge in [0, 0.05) is 4.47 Å². The lowest BCUT2D eigenvalue weighted by molar-refractivity contribution is -0.118. The number of rotatable bonds is 4. The zero-order valence-corrected chi connectivity index (χ0v) is 13.3. The second kappa shape index (κ2) is 6.97. The predicted octanol–water partition coefficient (Wildman–Crippen LogP) is 4.77. The maximum absolute atomic E-state index is 11.8. The molecule has 0 aliphatic heterocycles. The molecular formula is C14H10BrCl2NO2. The minimum atomic E-state index is -0.333. The monoisotopic (exact) mass is 373 g/mol. The fourth-order valence-electron chi connectivity index (χ4n) is 1.50. The summed E-state index contributed by atoms with van der Waals surface area (Å²) in [4.78, 5) is 11.8. The molecule has 20 heavy (non-hydrogen) atoms. The SMILES string of the molecule is O=C(COc1cccc(Br)c1)Nc1c(Cl)cccc1Cl. The van der Waals surface area contributed by atoms with Gasteiger partial charge in [-0.3, -0.25) is 4.79 Å². The maximum atomic E-state index is 11.8. The van der Waals surface area contributed by atoms with Crippen LogP contribution in [-0.2, 0) is 4.79 Å². The summed E-state index contributed by atoms with van der Waals surface area (Å²) in [5.74, 6) is 0.264. The summed E-state index contributed by atoms with van der Waals surface area (Å²) in [6.45, 7) is -0.127.